The van der Waals surface area contributed by atoms with E-state index in [1.165, 1.54) is 57.8 Å². The summed E-state index contributed by atoms with van der Waals surface area (Å²) in [6.45, 7) is 2.64. The summed E-state index contributed by atoms with van der Waals surface area (Å²) in [7, 11) is -4.83. The van der Waals surface area contributed by atoms with Crippen molar-refractivity contribution in [3.63, 3.8) is 0 Å². The number of carbonyl (C=O) groups excluding carboxylic acids is 1. The minimum atomic E-state index is -4.83. The van der Waals surface area contributed by atoms with E-state index in [1.807, 2.05) is 0 Å². The number of unbranched alkanes of at least 4 members (excludes halogenated alkanes) is 10. The van der Waals surface area contributed by atoms with Gasteiger partial charge in [0.15, 0.2) is 5.25 Å². The van der Waals surface area contributed by atoms with Crippen molar-refractivity contribution < 1.29 is 37.1 Å². The summed E-state index contributed by atoms with van der Waals surface area (Å²) in [6.07, 6.45) is 12.5. The monoisotopic (exact) mass is 424 g/mol. The highest BCUT2D eigenvalue weighted by Gasteiger charge is 2.34. The van der Waals surface area contributed by atoms with Crippen LogP contribution >= 0.6 is 0 Å². The molecule has 9 heteroatoms. The summed E-state index contributed by atoms with van der Waals surface area (Å²) in [6, 6.07) is 0. The Hall–Kier alpha value is -1.19. The Kier molecular flexibility index (Phi) is 16.0. The minimum absolute atomic E-state index is 0.0920. The first kappa shape index (κ1) is 26.8. The van der Waals surface area contributed by atoms with Crippen molar-refractivity contribution in [2.75, 3.05) is 19.8 Å². The van der Waals surface area contributed by atoms with Crippen LogP contribution in [0.15, 0.2) is 0 Å². The first-order valence-electron chi connectivity index (χ1n) is 10.2. The number of ether oxygens (including phenoxy) is 2. The van der Waals surface area contributed by atoms with Gasteiger partial charge in [0.2, 0.25) is 0 Å². The van der Waals surface area contributed by atoms with Gasteiger partial charge in [0.1, 0.15) is 6.61 Å². The molecule has 0 aromatic heterocycles. The summed E-state index contributed by atoms with van der Waals surface area (Å²) in [5.41, 5.74) is 0. The zero-order valence-electron chi connectivity index (χ0n) is 16.9. The van der Waals surface area contributed by atoms with Gasteiger partial charge in [-0.25, -0.2) is 0 Å². The van der Waals surface area contributed by atoms with Crippen LogP contribution in [0.4, 0.5) is 0 Å². The van der Waals surface area contributed by atoms with Gasteiger partial charge in [-0.1, -0.05) is 71.1 Å². The Morgan fingerprint density at radius 3 is 1.79 bits per heavy atom. The molecule has 0 heterocycles. The van der Waals surface area contributed by atoms with E-state index in [9.17, 15) is 18.0 Å². The summed E-state index contributed by atoms with van der Waals surface area (Å²) in [4.78, 5) is 22.1. The molecule has 0 radical (unpaired) electrons. The molecule has 0 bridgehead atoms. The molecule has 0 amide bonds. The van der Waals surface area contributed by atoms with Crippen molar-refractivity contribution in [2.24, 2.45) is 0 Å². The number of rotatable bonds is 19. The summed E-state index contributed by atoms with van der Waals surface area (Å²) < 4.78 is 40.9. The fourth-order valence-corrected chi connectivity index (χ4v) is 3.40. The van der Waals surface area contributed by atoms with E-state index in [4.69, 9.17) is 14.4 Å². The van der Waals surface area contributed by atoms with E-state index in [0.717, 1.165) is 12.8 Å². The van der Waals surface area contributed by atoms with Crippen molar-refractivity contribution in [3.05, 3.63) is 0 Å². The fraction of sp³-hybridized carbons (Fsp3) is 0.895. The zero-order chi connectivity index (χ0) is 21.3. The van der Waals surface area contributed by atoms with E-state index in [-0.39, 0.29) is 13.2 Å². The second-order valence-electron chi connectivity index (χ2n) is 6.92. The first-order chi connectivity index (χ1) is 13.3. The quantitative estimate of drug-likeness (QED) is 0.183. The number of carbonyl (C=O) groups is 2. The predicted molar refractivity (Wildman–Crippen MR) is 106 cm³/mol. The van der Waals surface area contributed by atoms with Gasteiger partial charge in [0, 0.05) is 6.61 Å². The smallest absolute Gasteiger partial charge is 0.327 e. The SMILES string of the molecule is CCCCCCCCCCCCCOCCOC(=O)C(CC(=O)O)S(=O)(=O)O. The molecule has 1 atom stereocenters. The predicted octanol–water partition coefficient (Wildman–Crippen LogP) is 3.59. The summed E-state index contributed by atoms with van der Waals surface area (Å²) in [5.74, 6) is -2.81. The van der Waals surface area contributed by atoms with Crippen LogP contribution in [0.3, 0.4) is 0 Å². The number of hydrogen-bond donors (Lipinski definition) is 2. The van der Waals surface area contributed by atoms with E-state index < -0.39 is 33.7 Å². The molecule has 1 unspecified atom stereocenters. The van der Waals surface area contributed by atoms with Crippen LogP contribution in [0, 0.1) is 0 Å². The molecular weight excluding hydrogens is 388 g/mol. The van der Waals surface area contributed by atoms with Gasteiger partial charge in [0.05, 0.1) is 13.0 Å². The van der Waals surface area contributed by atoms with Crippen LogP contribution in [0.1, 0.15) is 84.0 Å². The van der Waals surface area contributed by atoms with Gasteiger partial charge in [-0.2, -0.15) is 8.42 Å². The van der Waals surface area contributed by atoms with Crippen LogP contribution in [-0.4, -0.2) is 55.1 Å². The van der Waals surface area contributed by atoms with Crippen molar-refractivity contribution in [1.29, 1.82) is 0 Å². The molecule has 0 aliphatic heterocycles. The van der Waals surface area contributed by atoms with E-state index in [1.54, 1.807) is 0 Å². The Morgan fingerprint density at radius 1 is 0.821 bits per heavy atom. The average molecular weight is 425 g/mol. The number of esters is 1. The molecule has 0 aliphatic rings. The highest BCUT2D eigenvalue weighted by Crippen LogP contribution is 2.11. The number of hydrogen-bond acceptors (Lipinski definition) is 6. The number of aliphatic carboxylic acids is 1. The second kappa shape index (κ2) is 16.7. The Bertz CT molecular complexity index is 518. The van der Waals surface area contributed by atoms with Crippen LogP contribution in [-0.2, 0) is 29.2 Å². The Balaban J connectivity index is 3.56. The lowest BCUT2D eigenvalue weighted by Crippen LogP contribution is -2.34. The van der Waals surface area contributed by atoms with Gasteiger partial charge in [-0.05, 0) is 6.42 Å². The standard InChI is InChI=1S/C19H36O8S/c1-2-3-4-5-6-7-8-9-10-11-12-13-26-14-15-27-19(22)17(16-18(20)21)28(23,24)25/h17H,2-16H2,1H3,(H,20,21)(H,23,24,25). The molecule has 0 aromatic rings. The second-order valence-corrected chi connectivity index (χ2v) is 8.52. The van der Waals surface area contributed by atoms with Crippen LogP contribution < -0.4 is 0 Å². The molecule has 28 heavy (non-hydrogen) atoms. The molecule has 0 aromatic carbocycles. The highest BCUT2D eigenvalue weighted by molar-refractivity contribution is 7.87. The molecule has 0 aliphatic carbocycles. The van der Waals surface area contributed by atoms with Gasteiger partial charge in [-0.15, -0.1) is 0 Å². The third-order valence-electron chi connectivity index (χ3n) is 4.35. The summed E-state index contributed by atoms with van der Waals surface area (Å²) in [5, 5.41) is 6.48. The third-order valence-corrected chi connectivity index (χ3v) is 5.42. The van der Waals surface area contributed by atoms with Crippen LogP contribution in [0.5, 0.6) is 0 Å². The number of carboxylic acid groups (broad SMARTS) is 1. The molecule has 0 saturated carbocycles. The van der Waals surface area contributed by atoms with Crippen LogP contribution in [0.25, 0.3) is 0 Å². The van der Waals surface area contributed by atoms with Gasteiger partial charge < -0.3 is 14.6 Å². The van der Waals surface area contributed by atoms with E-state index in [0.29, 0.717) is 6.61 Å². The lowest BCUT2D eigenvalue weighted by atomic mass is 10.1. The molecular formula is C19H36O8S. The van der Waals surface area contributed by atoms with E-state index >= 15 is 0 Å². The largest absolute Gasteiger partial charge is 0.481 e. The maximum Gasteiger partial charge on any atom is 0.327 e. The lowest BCUT2D eigenvalue weighted by Gasteiger charge is -2.11. The molecule has 166 valence electrons. The Morgan fingerprint density at radius 2 is 1.32 bits per heavy atom. The molecule has 0 rings (SSSR count). The average Bonchev–Trinajstić information content (AvgIpc) is 2.61. The molecule has 0 spiro atoms. The first-order valence-corrected chi connectivity index (χ1v) is 11.7. The van der Waals surface area contributed by atoms with Crippen molar-refractivity contribution in [1.82, 2.24) is 0 Å². The third kappa shape index (κ3) is 15.8. The van der Waals surface area contributed by atoms with Crippen molar-refractivity contribution >= 4 is 22.1 Å². The molecule has 0 fully saturated rings. The van der Waals surface area contributed by atoms with Gasteiger partial charge in [-0.3, -0.25) is 14.1 Å². The maximum absolute atomic E-state index is 11.6. The van der Waals surface area contributed by atoms with E-state index in [2.05, 4.69) is 11.7 Å². The van der Waals surface area contributed by atoms with Crippen molar-refractivity contribution in [3.8, 4) is 0 Å². The zero-order valence-corrected chi connectivity index (χ0v) is 17.8. The molecule has 2 N–H and O–H groups in total. The lowest BCUT2D eigenvalue weighted by molar-refractivity contribution is -0.148. The minimum Gasteiger partial charge on any atom is -0.481 e. The summed E-state index contributed by atoms with van der Waals surface area (Å²) >= 11 is 0. The molecule has 0 saturated heterocycles. The highest BCUT2D eigenvalue weighted by atomic mass is 32.2. The topological polar surface area (TPSA) is 127 Å². The van der Waals surface area contributed by atoms with Gasteiger partial charge in [0.25, 0.3) is 10.1 Å². The normalized spacial score (nSPS) is 12.6. The fourth-order valence-electron chi connectivity index (χ4n) is 2.73. The van der Waals surface area contributed by atoms with Gasteiger partial charge >= 0.3 is 11.9 Å². The molecule has 8 nitrogen and oxygen atoms in total. The number of carboxylic acids is 1. The van der Waals surface area contributed by atoms with Crippen molar-refractivity contribution in [2.45, 2.75) is 89.2 Å². The van der Waals surface area contributed by atoms with Crippen LogP contribution in [0.2, 0.25) is 0 Å². The Labute approximate surface area is 168 Å². The maximum atomic E-state index is 11.6.